The number of nitrogens with zero attached hydrogens (tertiary/aromatic N) is 4. The Morgan fingerprint density at radius 3 is 1.94 bits per heavy atom. The SMILES string of the molecule is [C-]#[N+]/N=c1\c2cc(-c3cc(C)cc(C)c3)ccc2c2cc3c(=NC#N)c4ccccc4c3cc12. The molecule has 0 heterocycles. The molecule has 0 spiro atoms. The summed E-state index contributed by atoms with van der Waals surface area (Å²) in [4.78, 5) is 7.56. The first-order valence-corrected chi connectivity index (χ1v) is 11.0. The average Bonchev–Trinajstić information content (AvgIpc) is 3.30. The molecule has 0 aromatic heterocycles. The van der Waals surface area contributed by atoms with Gasteiger partial charge in [0.05, 0.1) is 10.5 Å². The quantitative estimate of drug-likeness (QED) is 0.164. The Morgan fingerprint density at radius 1 is 0.647 bits per heavy atom. The molecule has 34 heavy (non-hydrogen) atoms. The van der Waals surface area contributed by atoms with Gasteiger partial charge in [-0.05, 0) is 64.7 Å². The number of fused-ring (bicyclic) bond motifs is 6. The number of hydrogen-bond acceptors (Lipinski definition) is 3. The lowest BCUT2D eigenvalue weighted by molar-refractivity contribution is 1.37. The number of nitriles is 1. The number of aryl methyl sites for hydroxylation is 2. The monoisotopic (exact) mass is 434 g/mol. The topological polar surface area (TPSA) is 52.9 Å². The predicted molar refractivity (Wildman–Crippen MR) is 137 cm³/mol. The smallest absolute Gasteiger partial charge is 0.181 e. The molecule has 0 amide bonds. The Balaban J connectivity index is 1.77. The molecule has 0 N–H and O–H groups in total. The largest absolute Gasteiger partial charge is 0.206 e. The van der Waals surface area contributed by atoms with Gasteiger partial charge in [0, 0.05) is 21.5 Å². The highest BCUT2D eigenvalue weighted by Gasteiger charge is 2.16. The Kier molecular flexibility index (Phi) is 4.30. The Morgan fingerprint density at radius 2 is 1.26 bits per heavy atom. The van der Waals surface area contributed by atoms with Gasteiger partial charge in [0.15, 0.2) is 5.36 Å². The zero-order valence-corrected chi connectivity index (χ0v) is 18.7. The molecule has 0 saturated heterocycles. The standard InChI is InChI=1S/C30H18N4/c1-17-10-18(2)12-20(11-17)19-8-9-22-25-14-27-24(15-28(25)30(34-32-3)26(22)13-19)21-6-4-5-7-23(21)29(27)33-16-31/h4-15H,1-2H3/b33-29?,34-30+. The van der Waals surface area contributed by atoms with Crippen LogP contribution in [0.15, 0.2) is 82.9 Å². The van der Waals surface area contributed by atoms with Crippen molar-refractivity contribution in [1.29, 1.82) is 5.26 Å². The summed E-state index contributed by atoms with van der Waals surface area (Å²) in [7, 11) is 0. The van der Waals surface area contributed by atoms with Crippen LogP contribution in [0.1, 0.15) is 11.1 Å². The van der Waals surface area contributed by atoms with Crippen molar-refractivity contribution in [1.82, 2.24) is 0 Å². The maximum atomic E-state index is 9.33. The highest BCUT2D eigenvalue weighted by atomic mass is 15.2. The molecule has 6 aromatic rings. The summed E-state index contributed by atoms with van der Waals surface area (Å²) in [5, 5.41) is 22.9. The fourth-order valence-electron chi connectivity index (χ4n) is 5.28. The highest BCUT2D eigenvalue weighted by molar-refractivity contribution is 6.21. The van der Waals surface area contributed by atoms with Gasteiger partial charge in [0.25, 0.3) is 0 Å². The Labute approximate surface area is 195 Å². The van der Waals surface area contributed by atoms with E-state index in [1.807, 2.05) is 30.5 Å². The Bertz CT molecular complexity index is 1980. The summed E-state index contributed by atoms with van der Waals surface area (Å²) in [6.07, 6.45) is 1.97. The van der Waals surface area contributed by atoms with E-state index >= 15 is 0 Å². The summed E-state index contributed by atoms with van der Waals surface area (Å²) in [5.74, 6) is 0. The molecule has 0 aliphatic rings. The van der Waals surface area contributed by atoms with Crippen LogP contribution >= 0.6 is 0 Å². The summed E-state index contributed by atoms with van der Waals surface area (Å²) in [5.41, 5.74) is 4.68. The van der Waals surface area contributed by atoms with E-state index in [-0.39, 0.29) is 0 Å². The molecule has 0 aliphatic carbocycles. The van der Waals surface area contributed by atoms with Gasteiger partial charge in [0.2, 0.25) is 6.19 Å². The summed E-state index contributed by atoms with van der Waals surface area (Å²) in [6.45, 7) is 11.7. The fourth-order valence-corrected chi connectivity index (χ4v) is 5.28. The maximum Gasteiger partial charge on any atom is 0.206 e. The van der Waals surface area contributed by atoms with E-state index in [0.29, 0.717) is 10.7 Å². The first-order chi connectivity index (χ1) is 16.6. The lowest BCUT2D eigenvalue weighted by atomic mass is 9.99. The molecular formula is C30H18N4. The molecule has 0 bridgehead atoms. The van der Waals surface area contributed by atoms with E-state index in [9.17, 15) is 5.26 Å². The molecule has 4 heteroatoms. The molecular weight excluding hydrogens is 416 g/mol. The van der Waals surface area contributed by atoms with E-state index in [0.717, 1.165) is 54.2 Å². The second kappa shape index (κ2) is 7.37. The van der Waals surface area contributed by atoms with Crippen molar-refractivity contribution >= 4 is 43.1 Å². The van der Waals surface area contributed by atoms with Crippen molar-refractivity contribution in [2.75, 3.05) is 0 Å². The maximum absolute atomic E-state index is 9.33. The van der Waals surface area contributed by atoms with Gasteiger partial charge in [-0.1, -0.05) is 65.7 Å². The van der Waals surface area contributed by atoms with E-state index < -0.39 is 0 Å². The second-order valence-corrected chi connectivity index (χ2v) is 8.73. The third-order valence-corrected chi connectivity index (χ3v) is 6.57. The van der Waals surface area contributed by atoms with E-state index in [1.54, 1.807) is 0 Å². The van der Waals surface area contributed by atoms with Gasteiger partial charge in [-0.2, -0.15) is 16.8 Å². The predicted octanol–water partition coefficient (Wildman–Crippen LogP) is 6.58. The van der Waals surface area contributed by atoms with Gasteiger partial charge in [-0.3, -0.25) is 0 Å². The van der Waals surface area contributed by atoms with Crippen LogP contribution in [-0.4, -0.2) is 0 Å². The minimum atomic E-state index is 0.692. The van der Waals surface area contributed by atoms with Gasteiger partial charge >= 0.3 is 0 Å². The minimum Gasteiger partial charge on any atom is -0.181 e. The first kappa shape index (κ1) is 19.9. The molecule has 6 rings (SSSR count). The van der Waals surface area contributed by atoms with Gasteiger partial charge in [-0.25, -0.2) is 0 Å². The highest BCUT2D eigenvalue weighted by Crippen LogP contribution is 2.34. The van der Waals surface area contributed by atoms with Crippen LogP contribution in [0.4, 0.5) is 0 Å². The normalized spacial score (nSPS) is 12.7. The molecule has 0 radical (unpaired) electrons. The van der Waals surface area contributed by atoms with Crippen LogP contribution in [0.5, 0.6) is 0 Å². The summed E-state index contributed by atoms with van der Waals surface area (Å²) in [6, 6.07) is 25.1. The van der Waals surface area contributed by atoms with Crippen molar-refractivity contribution in [2.24, 2.45) is 10.1 Å². The molecule has 4 nitrogen and oxygen atoms in total. The summed E-state index contributed by atoms with van der Waals surface area (Å²) < 4.78 is 0. The second-order valence-electron chi connectivity index (χ2n) is 8.73. The van der Waals surface area contributed by atoms with Crippen LogP contribution in [0.3, 0.4) is 0 Å². The number of hydrogen-bond donors (Lipinski definition) is 0. The third kappa shape index (κ3) is 2.83. The number of benzene rings is 4. The molecule has 6 aromatic carbocycles. The van der Waals surface area contributed by atoms with Crippen molar-refractivity contribution < 1.29 is 0 Å². The van der Waals surface area contributed by atoms with Crippen molar-refractivity contribution in [2.45, 2.75) is 13.8 Å². The van der Waals surface area contributed by atoms with Crippen LogP contribution < -0.4 is 10.7 Å². The van der Waals surface area contributed by atoms with E-state index in [2.05, 4.69) is 77.4 Å². The van der Waals surface area contributed by atoms with E-state index in [4.69, 9.17) is 6.57 Å². The molecule has 0 aliphatic heterocycles. The van der Waals surface area contributed by atoms with Crippen LogP contribution in [0.25, 0.3) is 59.2 Å². The molecule has 158 valence electrons. The summed E-state index contributed by atoms with van der Waals surface area (Å²) >= 11 is 0. The molecule has 0 fully saturated rings. The van der Waals surface area contributed by atoms with Gasteiger partial charge < -0.3 is 0 Å². The van der Waals surface area contributed by atoms with Crippen LogP contribution in [0.2, 0.25) is 0 Å². The van der Waals surface area contributed by atoms with Crippen LogP contribution in [-0.2, 0) is 0 Å². The third-order valence-electron chi connectivity index (χ3n) is 6.57. The first-order valence-electron chi connectivity index (χ1n) is 11.0. The molecule has 0 atom stereocenters. The average molecular weight is 435 g/mol. The Hall–Kier alpha value is -4.80. The van der Waals surface area contributed by atoms with Gasteiger partial charge in [-0.15, -0.1) is 4.95 Å². The molecule has 0 unspecified atom stereocenters. The van der Waals surface area contributed by atoms with E-state index in [1.165, 1.54) is 11.1 Å². The van der Waals surface area contributed by atoms with Crippen molar-refractivity contribution in [3.05, 3.63) is 106 Å². The molecule has 0 saturated carbocycles. The minimum absolute atomic E-state index is 0.692. The lowest BCUT2D eigenvalue weighted by Gasteiger charge is -2.06. The fraction of sp³-hybridized carbons (Fsp3) is 0.0667. The number of rotatable bonds is 1. The van der Waals surface area contributed by atoms with Crippen molar-refractivity contribution in [3.63, 3.8) is 0 Å². The van der Waals surface area contributed by atoms with Gasteiger partial charge in [0.1, 0.15) is 0 Å². The zero-order chi connectivity index (χ0) is 23.4. The lowest BCUT2D eigenvalue weighted by Crippen LogP contribution is -1.98. The van der Waals surface area contributed by atoms with Crippen molar-refractivity contribution in [3.8, 4) is 17.3 Å². The van der Waals surface area contributed by atoms with Crippen LogP contribution in [0, 0.1) is 31.9 Å². The zero-order valence-electron chi connectivity index (χ0n) is 18.7.